The lowest BCUT2D eigenvalue weighted by Crippen LogP contribution is -2.38. The van der Waals surface area contributed by atoms with Gasteiger partial charge in [0.1, 0.15) is 0 Å². The minimum absolute atomic E-state index is 0.352. The maximum absolute atomic E-state index is 5.72. The van der Waals surface area contributed by atoms with Gasteiger partial charge in [-0.05, 0) is 110 Å². The van der Waals surface area contributed by atoms with Gasteiger partial charge in [0.2, 0.25) is 0 Å². The molecular weight excluding hydrogens is 505 g/mol. The van der Waals surface area contributed by atoms with Crippen LogP contribution in [0.15, 0.2) is 0 Å². The van der Waals surface area contributed by atoms with E-state index in [-0.39, 0.29) is 0 Å². The summed E-state index contributed by atoms with van der Waals surface area (Å²) < 4.78 is 22.9. The first-order chi connectivity index (χ1) is 17.3. The van der Waals surface area contributed by atoms with Gasteiger partial charge in [0.15, 0.2) is 0 Å². The van der Waals surface area contributed by atoms with Gasteiger partial charge in [-0.3, -0.25) is 0 Å². The molecule has 0 atom stereocenters. The maximum Gasteiger partial charge on any atom is 0.334 e. The molecule has 1 aliphatic rings. The predicted molar refractivity (Wildman–Crippen MR) is 169 cm³/mol. The van der Waals surface area contributed by atoms with E-state index in [9.17, 15) is 0 Å². The SMILES string of the molecule is CO[Si](C)(CCCC(C)(C)CC(C)(C)C1CCC(C(C)(C)CC(C)(C)CCC[Si](C)(OC)OC)CC1)OC. The maximum atomic E-state index is 5.72. The molecule has 0 aliphatic heterocycles. The summed E-state index contributed by atoms with van der Waals surface area (Å²) in [5.41, 5.74) is 1.48. The molecule has 1 rings (SSSR count). The summed E-state index contributed by atoms with van der Waals surface area (Å²) in [4.78, 5) is 0. The predicted octanol–water partition coefficient (Wildman–Crippen LogP) is 9.97. The minimum atomic E-state index is -1.96. The summed E-state index contributed by atoms with van der Waals surface area (Å²) in [6.07, 6.45) is 13.1. The average molecular weight is 573 g/mol. The lowest BCUT2D eigenvalue weighted by Gasteiger charge is -2.48. The van der Waals surface area contributed by atoms with Gasteiger partial charge in [-0.1, -0.05) is 68.2 Å². The van der Waals surface area contributed by atoms with Gasteiger partial charge in [0, 0.05) is 28.4 Å². The van der Waals surface area contributed by atoms with Gasteiger partial charge in [-0.2, -0.15) is 0 Å². The van der Waals surface area contributed by atoms with E-state index in [4.69, 9.17) is 17.7 Å². The molecule has 1 fully saturated rings. The molecule has 0 saturated heterocycles. The van der Waals surface area contributed by atoms with E-state index >= 15 is 0 Å². The Kier molecular flexibility index (Phi) is 13.8. The van der Waals surface area contributed by atoms with Crippen molar-refractivity contribution in [3.63, 3.8) is 0 Å². The van der Waals surface area contributed by atoms with Crippen LogP contribution < -0.4 is 0 Å². The Bertz CT molecular complexity index is 615. The standard InChI is InChI=1S/C32H68O4Si2/c1-29(2,21-15-23-37(13,33-9)34-10)25-31(5,6)27-17-19-28(20-18-27)32(7,8)26-30(3,4)22-16-24-38(14,35-11)36-12/h27-28H,15-26H2,1-14H3. The number of hydrogen-bond acceptors (Lipinski definition) is 4. The van der Waals surface area contributed by atoms with E-state index < -0.39 is 17.1 Å². The monoisotopic (exact) mass is 572 g/mol. The summed E-state index contributed by atoms with van der Waals surface area (Å²) in [6.45, 7) is 24.5. The van der Waals surface area contributed by atoms with Gasteiger partial charge in [0.05, 0.1) is 0 Å². The van der Waals surface area contributed by atoms with Gasteiger partial charge in [-0.25, -0.2) is 0 Å². The summed E-state index contributed by atoms with van der Waals surface area (Å²) in [7, 11) is 3.32. The third-order valence-corrected chi connectivity index (χ3v) is 16.5. The van der Waals surface area contributed by atoms with Crippen LogP contribution in [0.4, 0.5) is 0 Å². The first-order valence-electron chi connectivity index (χ1n) is 15.5. The minimum Gasteiger partial charge on any atom is -0.398 e. The van der Waals surface area contributed by atoms with Crippen molar-refractivity contribution in [2.75, 3.05) is 28.4 Å². The Morgan fingerprint density at radius 2 is 0.789 bits per heavy atom. The molecule has 0 radical (unpaired) electrons. The van der Waals surface area contributed by atoms with Crippen molar-refractivity contribution in [2.24, 2.45) is 33.5 Å². The molecule has 0 bridgehead atoms. The van der Waals surface area contributed by atoms with E-state index in [1.807, 2.05) is 28.4 Å². The molecule has 1 aliphatic carbocycles. The zero-order chi connectivity index (χ0) is 29.5. The largest absolute Gasteiger partial charge is 0.398 e. The molecule has 0 aromatic carbocycles. The number of hydrogen-bond donors (Lipinski definition) is 0. The highest BCUT2D eigenvalue weighted by atomic mass is 28.4. The zero-order valence-corrected chi connectivity index (χ0v) is 30.3. The quantitative estimate of drug-likeness (QED) is 0.153. The van der Waals surface area contributed by atoms with Crippen LogP contribution in [0.25, 0.3) is 0 Å². The van der Waals surface area contributed by atoms with E-state index in [0.717, 1.165) is 23.9 Å². The Hall–Kier alpha value is 0.274. The van der Waals surface area contributed by atoms with Crippen molar-refractivity contribution in [1.82, 2.24) is 0 Å². The van der Waals surface area contributed by atoms with E-state index in [1.165, 1.54) is 64.2 Å². The fourth-order valence-electron chi connectivity index (χ4n) is 7.94. The third kappa shape index (κ3) is 11.6. The highest BCUT2D eigenvalue weighted by molar-refractivity contribution is 6.66. The molecule has 0 heterocycles. The van der Waals surface area contributed by atoms with Gasteiger partial charge in [-0.15, -0.1) is 0 Å². The smallest absolute Gasteiger partial charge is 0.334 e. The van der Waals surface area contributed by atoms with Crippen LogP contribution in [-0.4, -0.2) is 45.6 Å². The van der Waals surface area contributed by atoms with Gasteiger partial charge < -0.3 is 17.7 Å². The van der Waals surface area contributed by atoms with E-state index in [2.05, 4.69) is 68.5 Å². The normalized spacial score (nSPS) is 20.7. The van der Waals surface area contributed by atoms with Crippen LogP contribution in [0.3, 0.4) is 0 Å². The molecule has 0 unspecified atom stereocenters. The van der Waals surface area contributed by atoms with Gasteiger partial charge in [0.25, 0.3) is 0 Å². The Morgan fingerprint density at radius 1 is 0.526 bits per heavy atom. The van der Waals surface area contributed by atoms with Crippen LogP contribution in [0.2, 0.25) is 25.2 Å². The summed E-state index contributed by atoms with van der Waals surface area (Å²) in [5, 5.41) is 0. The summed E-state index contributed by atoms with van der Waals surface area (Å²) in [5.74, 6) is 1.68. The van der Waals surface area contributed by atoms with Crippen molar-refractivity contribution < 1.29 is 17.7 Å². The first-order valence-corrected chi connectivity index (χ1v) is 20.5. The Morgan fingerprint density at radius 3 is 1.03 bits per heavy atom. The summed E-state index contributed by atoms with van der Waals surface area (Å²) in [6, 6.07) is 2.17. The molecule has 0 aromatic rings. The molecule has 38 heavy (non-hydrogen) atoms. The fourth-order valence-corrected chi connectivity index (χ4v) is 10.7. The Balaban J connectivity index is 2.62. The van der Waals surface area contributed by atoms with E-state index in [0.29, 0.717) is 21.7 Å². The zero-order valence-electron chi connectivity index (χ0n) is 28.3. The molecule has 6 heteroatoms. The second-order valence-electron chi connectivity index (χ2n) is 16.0. The molecule has 0 aromatic heterocycles. The van der Waals surface area contributed by atoms with Crippen LogP contribution in [0.5, 0.6) is 0 Å². The van der Waals surface area contributed by atoms with Crippen LogP contribution in [-0.2, 0) is 17.7 Å². The Labute approximate surface area is 241 Å². The van der Waals surface area contributed by atoms with Crippen molar-refractivity contribution in [3.05, 3.63) is 0 Å². The molecule has 1 saturated carbocycles. The fraction of sp³-hybridized carbons (Fsp3) is 1.00. The second kappa shape index (κ2) is 14.4. The van der Waals surface area contributed by atoms with Crippen molar-refractivity contribution >= 4 is 17.1 Å². The van der Waals surface area contributed by atoms with E-state index in [1.54, 1.807) is 0 Å². The van der Waals surface area contributed by atoms with Crippen molar-refractivity contribution in [3.8, 4) is 0 Å². The van der Waals surface area contributed by atoms with Gasteiger partial charge >= 0.3 is 17.1 Å². The van der Waals surface area contributed by atoms with Crippen LogP contribution in [0.1, 0.15) is 120 Å². The lowest BCUT2D eigenvalue weighted by molar-refractivity contribution is 0.0301. The topological polar surface area (TPSA) is 36.9 Å². The van der Waals surface area contributed by atoms with Crippen LogP contribution >= 0.6 is 0 Å². The van der Waals surface area contributed by atoms with Crippen molar-refractivity contribution in [2.45, 2.75) is 145 Å². The summed E-state index contributed by atoms with van der Waals surface area (Å²) >= 11 is 0. The van der Waals surface area contributed by atoms with Crippen LogP contribution in [0, 0.1) is 33.5 Å². The molecule has 0 N–H and O–H groups in total. The first kappa shape index (κ1) is 36.3. The number of rotatable bonds is 18. The molecule has 0 spiro atoms. The lowest BCUT2D eigenvalue weighted by atomic mass is 9.58. The van der Waals surface area contributed by atoms with Crippen molar-refractivity contribution in [1.29, 1.82) is 0 Å². The highest BCUT2D eigenvalue weighted by Crippen LogP contribution is 2.52. The second-order valence-corrected chi connectivity index (χ2v) is 23.2. The molecule has 4 nitrogen and oxygen atoms in total. The molecular formula is C32H68O4Si2. The molecule has 228 valence electrons. The highest BCUT2D eigenvalue weighted by Gasteiger charge is 2.42. The molecule has 0 amide bonds. The third-order valence-electron chi connectivity index (χ3n) is 10.5. The average Bonchev–Trinajstić information content (AvgIpc) is 2.82.